The van der Waals surface area contributed by atoms with Gasteiger partial charge in [0.15, 0.2) is 5.69 Å². The van der Waals surface area contributed by atoms with Crippen molar-refractivity contribution < 1.29 is 18.4 Å². The van der Waals surface area contributed by atoms with Gasteiger partial charge >= 0.3 is 0 Å². The standard InChI is InChI=1S/C17H20F2N4O2/c1-17(2,3)8-21-16(25)14-13(22-9-23-14)15(24)20-7-10-4-5-11(18)6-12(10)19/h4-6,9H,7-8H2,1-3H3,(H,20,24)(H,21,25)(H,22,23). The first-order valence-corrected chi connectivity index (χ1v) is 7.71. The van der Waals surface area contributed by atoms with Crippen molar-refractivity contribution in [1.82, 2.24) is 20.6 Å². The number of benzene rings is 1. The number of aromatic amines is 1. The molecular formula is C17H20F2N4O2. The Morgan fingerprint density at radius 2 is 1.88 bits per heavy atom. The second-order valence-electron chi connectivity index (χ2n) is 6.79. The lowest BCUT2D eigenvalue weighted by atomic mass is 9.97. The smallest absolute Gasteiger partial charge is 0.272 e. The number of nitrogens with one attached hydrogen (secondary N) is 3. The fourth-order valence-electron chi connectivity index (χ4n) is 2.00. The highest BCUT2D eigenvalue weighted by atomic mass is 19.1. The summed E-state index contributed by atoms with van der Waals surface area (Å²) in [6, 6.07) is 3.09. The van der Waals surface area contributed by atoms with Crippen LogP contribution in [0.1, 0.15) is 47.3 Å². The lowest BCUT2D eigenvalue weighted by molar-refractivity contribution is 0.0905. The maximum absolute atomic E-state index is 13.6. The second kappa shape index (κ2) is 7.42. The molecule has 0 aliphatic rings. The number of rotatable bonds is 5. The van der Waals surface area contributed by atoms with Crippen LogP contribution in [0.2, 0.25) is 0 Å². The summed E-state index contributed by atoms with van der Waals surface area (Å²) < 4.78 is 26.5. The highest BCUT2D eigenvalue weighted by Gasteiger charge is 2.21. The van der Waals surface area contributed by atoms with Crippen molar-refractivity contribution in [3.63, 3.8) is 0 Å². The summed E-state index contributed by atoms with van der Waals surface area (Å²) in [4.78, 5) is 30.9. The SMILES string of the molecule is CC(C)(C)CNC(=O)c1nc[nH]c1C(=O)NCc1ccc(F)cc1F. The van der Waals surface area contributed by atoms with Gasteiger partial charge in [-0.3, -0.25) is 9.59 Å². The largest absolute Gasteiger partial charge is 0.350 e. The molecule has 1 aromatic carbocycles. The molecule has 1 aromatic heterocycles. The number of aromatic nitrogens is 2. The molecule has 0 spiro atoms. The predicted molar refractivity (Wildman–Crippen MR) is 87.9 cm³/mol. The molecule has 0 aliphatic heterocycles. The summed E-state index contributed by atoms with van der Waals surface area (Å²) in [5.41, 5.74) is -0.0441. The van der Waals surface area contributed by atoms with Crippen LogP contribution in [-0.4, -0.2) is 28.3 Å². The first-order chi connectivity index (χ1) is 11.7. The fourth-order valence-corrected chi connectivity index (χ4v) is 2.00. The van der Waals surface area contributed by atoms with Gasteiger partial charge in [-0.15, -0.1) is 0 Å². The third kappa shape index (κ3) is 5.10. The third-order valence-corrected chi connectivity index (χ3v) is 3.32. The van der Waals surface area contributed by atoms with Crippen LogP contribution in [0.25, 0.3) is 0 Å². The number of hydrogen-bond donors (Lipinski definition) is 3. The average Bonchev–Trinajstić information content (AvgIpc) is 3.00. The molecule has 2 rings (SSSR count). The zero-order chi connectivity index (χ0) is 18.6. The Labute approximate surface area is 144 Å². The minimum Gasteiger partial charge on any atom is -0.350 e. The van der Waals surface area contributed by atoms with Crippen molar-refractivity contribution in [2.75, 3.05) is 6.54 Å². The van der Waals surface area contributed by atoms with Crippen molar-refractivity contribution in [2.45, 2.75) is 27.3 Å². The average molecular weight is 350 g/mol. The van der Waals surface area contributed by atoms with Crippen molar-refractivity contribution >= 4 is 11.8 Å². The maximum Gasteiger partial charge on any atom is 0.272 e. The molecule has 2 aromatic rings. The second-order valence-corrected chi connectivity index (χ2v) is 6.79. The first-order valence-electron chi connectivity index (χ1n) is 7.71. The lowest BCUT2D eigenvalue weighted by Crippen LogP contribution is -2.34. The van der Waals surface area contributed by atoms with Gasteiger partial charge in [-0.25, -0.2) is 13.8 Å². The minimum absolute atomic E-state index is 0.0195. The van der Waals surface area contributed by atoms with E-state index in [1.807, 2.05) is 20.8 Å². The van der Waals surface area contributed by atoms with Crippen molar-refractivity contribution in [2.24, 2.45) is 5.41 Å². The monoisotopic (exact) mass is 350 g/mol. The van der Waals surface area contributed by atoms with Gasteiger partial charge in [-0.05, 0) is 11.5 Å². The molecular weight excluding hydrogens is 330 g/mol. The van der Waals surface area contributed by atoms with E-state index in [-0.39, 0.29) is 28.9 Å². The summed E-state index contributed by atoms with van der Waals surface area (Å²) in [6.07, 6.45) is 1.24. The third-order valence-electron chi connectivity index (χ3n) is 3.32. The highest BCUT2D eigenvalue weighted by Crippen LogP contribution is 2.12. The predicted octanol–water partition coefficient (Wildman–Crippen LogP) is 2.39. The van der Waals surface area contributed by atoms with Gasteiger partial charge in [0.1, 0.15) is 17.3 Å². The molecule has 0 atom stereocenters. The number of carbonyl (C=O) groups excluding carboxylic acids is 2. The number of carbonyl (C=O) groups is 2. The van der Waals surface area contributed by atoms with Crippen LogP contribution in [0.5, 0.6) is 0 Å². The molecule has 25 heavy (non-hydrogen) atoms. The summed E-state index contributed by atoms with van der Waals surface area (Å²) in [7, 11) is 0. The lowest BCUT2D eigenvalue weighted by Gasteiger charge is -2.18. The molecule has 2 amide bonds. The van der Waals surface area contributed by atoms with E-state index in [1.54, 1.807) is 0 Å². The quantitative estimate of drug-likeness (QED) is 0.774. The molecule has 0 unspecified atom stereocenters. The Kier molecular flexibility index (Phi) is 5.51. The molecule has 1 heterocycles. The molecule has 134 valence electrons. The van der Waals surface area contributed by atoms with Gasteiger partial charge < -0.3 is 15.6 Å². The van der Waals surface area contributed by atoms with E-state index in [0.717, 1.165) is 12.1 Å². The van der Waals surface area contributed by atoms with E-state index in [9.17, 15) is 18.4 Å². The van der Waals surface area contributed by atoms with E-state index in [1.165, 1.54) is 12.4 Å². The van der Waals surface area contributed by atoms with Gasteiger partial charge in [-0.1, -0.05) is 26.8 Å². The van der Waals surface area contributed by atoms with Gasteiger partial charge in [0.2, 0.25) is 0 Å². The number of amides is 2. The molecule has 0 bridgehead atoms. The van der Waals surface area contributed by atoms with Crippen LogP contribution < -0.4 is 10.6 Å². The maximum atomic E-state index is 13.6. The molecule has 3 N–H and O–H groups in total. The van der Waals surface area contributed by atoms with Gasteiger partial charge in [0.05, 0.1) is 6.33 Å². The number of imidazole rings is 1. The summed E-state index contributed by atoms with van der Waals surface area (Å²) in [5.74, 6) is -2.54. The topological polar surface area (TPSA) is 86.9 Å². The minimum atomic E-state index is -0.756. The van der Waals surface area contributed by atoms with E-state index >= 15 is 0 Å². The van der Waals surface area contributed by atoms with Crippen LogP contribution in [0, 0.1) is 17.0 Å². The Bertz CT molecular complexity index is 781. The summed E-state index contributed by atoms with van der Waals surface area (Å²) in [5, 5.41) is 5.18. The Balaban J connectivity index is 2.03. The Morgan fingerprint density at radius 1 is 1.16 bits per heavy atom. The normalized spacial score (nSPS) is 11.2. The number of halogens is 2. The van der Waals surface area contributed by atoms with Gasteiger partial charge in [-0.2, -0.15) is 0 Å². The van der Waals surface area contributed by atoms with Crippen LogP contribution in [-0.2, 0) is 6.54 Å². The zero-order valence-electron chi connectivity index (χ0n) is 14.2. The summed E-state index contributed by atoms with van der Waals surface area (Å²) >= 11 is 0. The number of nitrogens with zero attached hydrogens (tertiary/aromatic N) is 1. The summed E-state index contributed by atoms with van der Waals surface area (Å²) in [6.45, 7) is 6.15. The number of hydrogen-bond acceptors (Lipinski definition) is 3. The van der Waals surface area contributed by atoms with E-state index in [4.69, 9.17) is 0 Å². The molecule has 0 saturated heterocycles. The van der Waals surface area contributed by atoms with Gasteiger partial charge in [0.25, 0.3) is 11.8 Å². The molecule has 0 radical (unpaired) electrons. The molecule has 0 fully saturated rings. The van der Waals surface area contributed by atoms with Crippen molar-refractivity contribution in [3.05, 3.63) is 53.1 Å². The van der Waals surface area contributed by atoms with Gasteiger partial charge in [0, 0.05) is 24.7 Å². The molecule has 6 nitrogen and oxygen atoms in total. The molecule has 0 aliphatic carbocycles. The van der Waals surface area contributed by atoms with Crippen molar-refractivity contribution in [1.29, 1.82) is 0 Å². The van der Waals surface area contributed by atoms with E-state index in [2.05, 4.69) is 20.6 Å². The molecule has 8 heteroatoms. The highest BCUT2D eigenvalue weighted by molar-refractivity contribution is 6.04. The molecule has 0 saturated carbocycles. The van der Waals surface area contributed by atoms with E-state index in [0.29, 0.717) is 6.54 Å². The Morgan fingerprint density at radius 3 is 2.52 bits per heavy atom. The van der Waals surface area contributed by atoms with Crippen LogP contribution in [0.3, 0.4) is 0 Å². The van der Waals surface area contributed by atoms with Crippen LogP contribution in [0.4, 0.5) is 8.78 Å². The zero-order valence-corrected chi connectivity index (χ0v) is 14.2. The van der Waals surface area contributed by atoms with Crippen molar-refractivity contribution in [3.8, 4) is 0 Å². The fraction of sp³-hybridized carbons (Fsp3) is 0.353. The number of H-pyrrole nitrogens is 1. The van der Waals surface area contributed by atoms with E-state index < -0.39 is 23.4 Å². The first kappa shape index (κ1) is 18.6. The van der Waals surface area contributed by atoms with Crippen LogP contribution >= 0.6 is 0 Å². The van der Waals surface area contributed by atoms with Crippen LogP contribution in [0.15, 0.2) is 24.5 Å². The Hall–Kier alpha value is -2.77.